The van der Waals surface area contributed by atoms with E-state index >= 15 is 0 Å². The fourth-order valence-electron chi connectivity index (χ4n) is 2.02. The fraction of sp³-hybridized carbons (Fsp3) is 0.312. The van der Waals surface area contributed by atoms with Crippen molar-refractivity contribution in [2.75, 3.05) is 19.0 Å². The van der Waals surface area contributed by atoms with E-state index < -0.39 is 0 Å². The van der Waals surface area contributed by atoms with Gasteiger partial charge in [-0.2, -0.15) is 0 Å². The number of halogens is 1. The van der Waals surface area contributed by atoms with Gasteiger partial charge in [0.1, 0.15) is 5.75 Å². The Hall–Kier alpha value is -1.75. The molecule has 0 aliphatic rings. The largest absolute Gasteiger partial charge is 0.496 e. The van der Waals surface area contributed by atoms with Gasteiger partial charge in [-0.25, -0.2) is 4.98 Å². The molecule has 0 saturated heterocycles. The highest BCUT2D eigenvalue weighted by Crippen LogP contribution is 2.31. The number of aromatic nitrogens is 1. The SMILES string of the molecule is CCOc1ncccc1NC(C)c1ccc(OC)c(Br)c1. The molecular weight excluding hydrogens is 332 g/mol. The van der Waals surface area contributed by atoms with E-state index in [9.17, 15) is 0 Å². The molecule has 1 N–H and O–H groups in total. The molecule has 0 radical (unpaired) electrons. The normalized spacial score (nSPS) is 11.8. The molecule has 0 spiro atoms. The Labute approximate surface area is 133 Å². The number of pyridine rings is 1. The van der Waals surface area contributed by atoms with Gasteiger partial charge in [-0.05, 0) is 59.6 Å². The summed E-state index contributed by atoms with van der Waals surface area (Å²) in [4.78, 5) is 4.25. The van der Waals surface area contributed by atoms with Crippen molar-refractivity contribution in [2.24, 2.45) is 0 Å². The molecule has 2 aromatic rings. The van der Waals surface area contributed by atoms with E-state index in [-0.39, 0.29) is 6.04 Å². The first-order valence-corrected chi connectivity index (χ1v) is 7.62. The molecule has 1 aromatic carbocycles. The van der Waals surface area contributed by atoms with Crippen LogP contribution in [-0.2, 0) is 0 Å². The first-order valence-electron chi connectivity index (χ1n) is 6.83. The average molecular weight is 351 g/mol. The van der Waals surface area contributed by atoms with Crippen LogP contribution >= 0.6 is 15.9 Å². The van der Waals surface area contributed by atoms with Gasteiger partial charge in [-0.1, -0.05) is 6.07 Å². The highest BCUT2D eigenvalue weighted by Gasteiger charge is 2.11. The van der Waals surface area contributed by atoms with Gasteiger partial charge in [-0.15, -0.1) is 0 Å². The summed E-state index contributed by atoms with van der Waals surface area (Å²) < 4.78 is 11.7. The maximum Gasteiger partial charge on any atom is 0.237 e. The van der Waals surface area contributed by atoms with Crippen LogP contribution in [0.3, 0.4) is 0 Å². The minimum atomic E-state index is 0.121. The molecule has 0 aliphatic carbocycles. The predicted molar refractivity (Wildman–Crippen MR) is 88.1 cm³/mol. The quantitative estimate of drug-likeness (QED) is 0.836. The van der Waals surface area contributed by atoms with Crippen molar-refractivity contribution >= 4 is 21.6 Å². The van der Waals surface area contributed by atoms with E-state index in [1.807, 2.05) is 37.3 Å². The Morgan fingerprint density at radius 2 is 2.14 bits per heavy atom. The number of benzene rings is 1. The van der Waals surface area contributed by atoms with Crippen LogP contribution in [0.4, 0.5) is 5.69 Å². The Balaban J connectivity index is 2.18. The molecular formula is C16H19BrN2O2. The summed E-state index contributed by atoms with van der Waals surface area (Å²) in [5, 5.41) is 3.43. The van der Waals surface area contributed by atoms with Crippen LogP contribution in [0.25, 0.3) is 0 Å². The Morgan fingerprint density at radius 1 is 1.33 bits per heavy atom. The number of nitrogens with one attached hydrogen (secondary N) is 1. The maximum absolute atomic E-state index is 5.53. The number of hydrogen-bond donors (Lipinski definition) is 1. The first kappa shape index (κ1) is 15.6. The third-order valence-electron chi connectivity index (χ3n) is 3.10. The molecule has 0 aliphatic heterocycles. The molecule has 1 aromatic heterocycles. The van der Waals surface area contributed by atoms with E-state index in [0.29, 0.717) is 12.5 Å². The van der Waals surface area contributed by atoms with Gasteiger partial charge in [0.2, 0.25) is 5.88 Å². The molecule has 112 valence electrons. The molecule has 1 unspecified atom stereocenters. The minimum absolute atomic E-state index is 0.121. The minimum Gasteiger partial charge on any atom is -0.496 e. The molecule has 1 heterocycles. The van der Waals surface area contributed by atoms with Crippen LogP contribution in [0.1, 0.15) is 25.5 Å². The predicted octanol–water partition coefficient (Wildman–Crippen LogP) is 4.42. The van der Waals surface area contributed by atoms with Crippen molar-refractivity contribution in [1.29, 1.82) is 0 Å². The lowest BCUT2D eigenvalue weighted by atomic mass is 10.1. The maximum atomic E-state index is 5.53. The van der Waals surface area contributed by atoms with Crippen LogP contribution in [0.15, 0.2) is 41.0 Å². The van der Waals surface area contributed by atoms with E-state index in [1.54, 1.807) is 13.3 Å². The number of hydrogen-bond acceptors (Lipinski definition) is 4. The van der Waals surface area contributed by atoms with Crippen LogP contribution in [0, 0.1) is 0 Å². The van der Waals surface area contributed by atoms with Crippen molar-refractivity contribution in [3.05, 3.63) is 46.6 Å². The van der Waals surface area contributed by atoms with Crippen molar-refractivity contribution in [3.63, 3.8) is 0 Å². The number of nitrogens with zero attached hydrogens (tertiary/aromatic N) is 1. The van der Waals surface area contributed by atoms with Crippen molar-refractivity contribution in [2.45, 2.75) is 19.9 Å². The van der Waals surface area contributed by atoms with Gasteiger partial charge in [-0.3, -0.25) is 0 Å². The zero-order valence-corrected chi connectivity index (χ0v) is 14.0. The fourth-order valence-corrected chi connectivity index (χ4v) is 2.58. The Kier molecular flexibility index (Phi) is 5.44. The van der Waals surface area contributed by atoms with Crippen LogP contribution < -0.4 is 14.8 Å². The van der Waals surface area contributed by atoms with E-state index in [4.69, 9.17) is 9.47 Å². The molecule has 0 fully saturated rings. The second kappa shape index (κ2) is 7.31. The van der Waals surface area contributed by atoms with Crippen molar-refractivity contribution < 1.29 is 9.47 Å². The number of ether oxygens (including phenoxy) is 2. The lowest BCUT2D eigenvalue weighted by molar-refractivity contribution is 0.328. The summed E-state index contributed by atoms with van der Waals surface area (Å²) in [6.07, 6.45) is 1.73. The topological polar surface area (TPSA) is 43.4 Å². The van der Waals surface area contributed by atoms with E-state index in [0.717, 1.165) is 21.5 Å². The summed E-state index contributed by atoms with van der Waals surface area (Å²) in [6, 6.07) is 10.0. The van der Waals surface area contributed by atoms with Gasteiger partial charge in [0.15, 0.2) is 0 Å². The standard InChI is InChI=1S/C16H19BrN2O2/c1-4-21-16-14(6-5-9-18-16)19-11(2)12-7-8-15(20-3)13(17)10-12/h5-11,19H,4H2,1-3H3. The number of rotatable bonds is 6. The van der Waals surface area contributed by atoms with E-state index in [2.05, 4.69) is 33.2 Å². The molecule has 1 atom stereocenters. The highest BCUT2D eigenvalue weighted by atomic mass is 79.9. The van der Waals surface area contributed by atoms with Crippen molar-refractivity contribution in [1.82, 2.24) is 4.98 Å². The summed E-state index contributed by atoms with van der Waals surface area (Å²) in [7, 11) is 1.66. The molecule has 21 heavy (non-hydrogen) atoms. The van der Waals surface area contributed by atoms with Crippen molar-refractivity contribution in [3.8, 4) is 11.6 Å². The lowest BCUT2D eigenvalue weighted by Gasteiger charge is -2.18. The van der Waals surface area contributed by atoms with Gasteiger partial charge in [0.25, 0.3) is 0 Å². The third kappa shape index (κ3) is 3.88. The third-order valence-corrected chi connectivity index (χ3v) is 3.72. The highest BCUT2D eigenvalue weighted by molar-refractivity contribution is 9.10. The molecule has 0 bridgehead atoms. The molecule has 2 rings (SSSR count). The van der Waals surface area contributed by atoms with Gasteiger partial charge in [0, 0.05) is 12.2 Å². The zero-order valence-electron chi connectivity index (χ0n) is 12.4. The Morgan fingerprint density at radius 3 is 2.81 bits per heavy atom. The Bertz CT molecular complexity index is 605. The molecule has 4 nitrogen and oxygen atoms in total. The zero-order chi connectivity index (χ0) is 15.2. The smallest absolute Gasteiger partial charge is 0.237 e. The monoisotopic (exact) mass is 350 g/mol. The second-order valence-corrected chi connectivity index (χ2v) is 5.40. The average Bonchev–Trinajstić information content (AvgIpc) is 2.49. The van der Waals surface area contributed by atoms with Crippen LogP contribution in [0.2, 0.25) is 0 Å². The molecule has 0 saturated carbocycles. The molecule has 0 amide bonds. The first-order chi connectivity index (χ1) is 10.2. The summed E-state index contributed by atoms with van der Waals surface area (Å²) >= 11 is 3.51. The summed E-state index contributed by atoms with van der Waals surface area (Å²) in [6.45, 7) is 4.63. The second-order valence-electron chi connectivity index (χ2n) is 4.55. The summed E-state index contributed by atoms with van der Waals surface area (Å²) in [5.41, 5.74) is 2.03. The van der Waals surface area contributed by atoms with Gasteiger partial charge < -0.3 is 14.8 Å². The summed E-state index contributed by atoms with van der Waals surface area (Å²) in [5.74, 6) is 1.45. The van der Waals surface area contributed by atoms with Gasteiger partial charge in [0.05, 0.1) is 23.9 Å². The van der Waals surface area contributed by atoms with Gasteiger partial charge >= 0.3 is 0 Å². The number of methoxy groups -OCH3 is 1. The van der Waals surface area contributed by atoms with Crippen LogP contribution in [0.5, 0.6) is 11.6 Å². The lowest BCUT2D eigenvalue weighted by Crippen LogP contribution is -2.09. The molecule has 5 heteroatoms. The number of anilines is 1. The van der Waals surface area contributed by atoms with E-state index in [1.165, 1.54) is 0 Å². The van der Waals surface area contributed by atoms with Crippen LogP contribution in [-0.4, -0.2) is 18.7 Å².